The summed E-state index contributed by atoms with van der Waals surface area (Å²) in [4.78, 5) is 27.9. The van der Waals surface area contributed by atoms with Crippen LogP contribution < -0.4 is 4.80 Å². The van der Waals surface area contributed by atoms with Crippen molar-refractivity contribution in [2.75, 3.05) is 13.1 Å². The van der Waals surface area contributed by atoms with Gasteiger partial charge in [-0.15, -0.1) is 0 Å². The number of thiazole rings is 1. The minimum Gasteiger partial charge on any atom is -0.319 e. The zero-order valence-electron chi connectivity index (χ0n) is 17.4. The second-order valence-electron chi connectivity index (χ2n) is 7.61. The predicted octanol–water partition coefficient (Wildman–Crippen LogP) is 3.45. The summed E-state index contributed by atoms with van der Waals surface area (Å²) in [5, 5.41) is 11.0. The van der Waals surface area contributed by atoms with Gasteiger partial charge in [-0.1, -0.05) is 24.2 Å². The van der Waals surface area contributed by atoms with Gasteiger partial charge in [-0.25, -0.2) is 8.42 Å². The van der Waals surface area contributed by atoms with E-state index in [1.807, 2.05) is 0 Å². The smallest absolute Gasteiger partial charge is 0.279 e. The average molecular weight is 475 g/mol. The lowest BCUT2D eigenvalue weighted by Gasteiger charge is -2.19. The van der Waals surface area contributed by atoms with E-state index in [0.29, 0.717) is 22.6 Å². The van der Waals surface area contributed by atoms with Gasteiger partial charge in [0.2, 0.25) is 10.0 Å². The van der Waals surface area contributed by atoms with Crippen LogP contribution in [0.2, 0.25) is 0 Å². The molecule has 0 bridgehead atoms. The van der Waals surface area contributed by atoms with Gasteiger partial charge in [-0.2, -0.15) is 9.30 Å². The summed E-state index contributed by atoms with van der Waals surface area (Å²) in [5.41, 5.74) is 0.965. The highest BCUT2D eigenvalue weighted by atomic mass is 32.2. The normalized spacial score (nSPS) is 16.2. The SMILES string of the molecule is Cn1c(=NC(=O)c2ccc(S(=O)(=O)N3CCCCCC3)cc2)sc2cc([N+](=O)[O-])ccc21. The van der Waals surface area contributed by atoms with E-state index in [4.69, 9.17) is 0 Å². The molecular weight excluding hydrogens is 452 g/mol. The van der Waals surface area contributed by atoms with E-state index in [2.05, 4.69) is 4.99 Å². The van der Waals surface area contributed by atoms with Crippen LogP contribution in [0.1, 0.15) is 36.0 Å². The zero-order chi connectivity index (χ0) is 22.9. The van der Waals surface area contributed by atoms with Gasteiger partial charge < -0.3 is 4.57 Å². The molecule has 0 saturated carbocycles. The van der Waals surface area contributed by atoms with E-state index in [0.717, 1.165) is 31.2 Å². The van der Waals surface area contributed by atoms with E-state index in [-0.39, 0.29) is 16.1 Å². The number of aromatic nitrogens is 1. The quantitative estimate of drug-likeness (QED) is 0.424. The summed E-state index contributed by atoms with van der Waals surface area (Å²) in [6.07, 6.45) is 3.76. The first-order chi connectivity index (χ1) is 15.3. The predicted molar refractivity (Wildman–Crippen MR) is 121 cm³/mol. The molecule has 1 aromatic heterocycles. The largest absolute Gasteiger partial charge is 0.319 e. The number of carbonyl (C=O) groups excluding carboxylic acids is 1. The molecule has 32 heavy (non-hydrogen) atoms. The number of amides is 1. The van der Waals surface area contributed by atoms with Crippen LogP contribution in [0.25, 0.3) is 10.2 Å². The van der Waals surface area contributed by atoms with Crippen molar-refractivity contribution < 1.29 is 18.1 Å². The van der Waals surface area contributed by atoms with Crippen LogP contribution in [0, 0.1) is 10.1 Å². The first-order valence-electron chi connectivity index (χ1n) is 10.2. The molecular formula is C21H22N4O5S2. The molecule has 0 spiro atoms. The third-order valence-electron chi connectivity index (χ3n) is 5.51. The van der Waals surface area contributed by atoms with E-state index >= 15 is 0 Å². The number of benzene rings is 2. The molecule has 0 unspecified atom stereocenters. The summed E-state index contributed by atoms with van der Waals surface area (Å²) in [5.74, 6) is -0.514. The third-order valence-corrected chi connectivity index (χ3v) is 8.51. The molecule has 2 heterocycles. The molecule has 1 amide bonds. The Balaban J connectivity index is 1.61. The van der Waals surface area contributed by atoms with Gasteiger partial charge in [0.1, 0.15) is 0 Å². The summed E-state index contributed by atoms with van der Waals surface area (Å²) in [6, 6.07) is 10.3. The number of nitro groups is 1. The highest BCUT2D eigenvalue weighted by Crippen LogP contribution is 2.23. The maximum absolute atomic E-state index is 12.9. The van der Waals surface area contributed by atoms with Gasteiger partial charge in [-0.3, -0.25) is 14.9 Å². The molecule has 168 valence electrons. The number of fused-ring (bicyclic) bond motifs is 1. The lowest BCUT2D eigenvalue weighted by Crippen LogP contribution is -2.31. The van der Waals surface area contributed by atoms with Crippen LogP contribution >= 0.6 is 11.3 Å². The van der Waals surface area contributed by atoms with Crippen molar-refractivity contribution in [2.45, 2.75) is 30.6 Å². The second-order valence-corrected chi connectivity index (χ2v) is 10.6. The summed E-state index contributed by atoms with van der Waals surface area (Å²) in [6.45, 7) is 1.03. The Labute approximate surface area is 188 Å². The van der Waals surface area contributed by atoms with E-state index in [1.165, 1.54) is 52.0 Å². The summed E-state index contributed by atoms with van der Waals surface area (Å²) < 4.78 is 29.7. The molecule has 9 nitrogen and oxygen atoms in total. The third kappa shape index (κ3) is 4.36. The number of nitrogens with zero attached hydrogens (tertiary/aromatic N) is 4. The molecule has 11 heteroatoms. The van der Waals surface area contributed by atoms with E-state index in [1.54, 1.807) is 17.7 Å². The van der Waals surface area contributed by atoms with Crippen molar-refractivity contribution in [1.82, 2.24) is 8.87 Å². The highest BCUT2D eigenvalue weighted by molar-refractivity contribution is 7.89. The van der Waals surface area contributed by atoms with Crippen LogP contribution in [0.4, 0.5) is 5.69 Å². The fourth-order valence-corrected chi connectivity index (χ4v) is 6.26. The lowest BCUT2D eigenvalue weighted by molar-refractivity contribution is -0.384. The fraction of sp³-hybridized carbons (Fsp3) is 0.333. The standard InChI is InChI=1S/C21H22N4O5S2/c1-23-18-11-8-16(25(27)28)14-19(18)31-21(23)22-20(26)15-6-9-17(10-7-15)32(29,30)24-12-4-2-3-5-13-24/h6-11,14H,2-5,12-13H2,1H3. The molecule has 1 aliphatic heterocycles. The number of sulfonamides is 1. The first kappa shape index (κ1) is 22.3. The van der Waals surface area contributed by atoms with Crippen molar-refractivity contribution in [3.05, 3.63) is 62.9 Å². The minimum absolute atomic E-state index is 0.0292. The molecule has 4 rings (SSSR count). The molecule has 3 aromatic rings. The fourth-order valence-electron chi connectivity index (χ4n) is 3.69. The lowest BCUT2D eigenvalue weighted by atomic mass is 10.2. The Kier molecular flexibility index (Phi) is 6.22. The highest BCUT2D eigenvalue weighted by Gasteiger charge is 2.25. The monoisotopic (exact) mass is 474 g/mol. The van der Waals surface area contributed by atoms with Crippen LogP contribution in [-0.2, 0) is 17.1 Å². The topological polar surface area (TPSA) is 115 Å². The molecule has 0 atom stereocenters. The Morgan fingerprint density at radius 2 is 1.72 bits per heavy atom. The Hall–Kier alpha value is -2.89. The van der Waals surface area contributed by atoms with Crippen LogP contribution in [0.15, 0.2) is 52.4 Å². The van der Waals surface area contributed by atoms with Crippen molar-refractivity contribution in [3.8, 4) is 0 Å². The Morgan fingerprint density at radius 1 is 1.06 bits per heavy atom. The second kappa shape index (κ2) is 8.93. The molecule has 1 fully saturated rings. The number of hydrogen-bond acceptors (Lipinski definition) is 6. The maximum Gasteiger partial charge on any atom is 0.279 e. The summed E-state index contributed by atoms with van der Waals surface area (Å²) in [7, 11) is -1.86. The van der Waals surface area contributed by atoms with Crippen LogP contribution in [0.5, 0.6) is 0 Å². The molecule has 2 aromatic carbocycles. The number of aryl methyl sites for hydroxylation is 1. The van der Waals surface area contributed by atoms with Crippen molar-refractivity contribution in [1.29, 1.82) is 0 Å². The number of hydrogen-bond donors (Lipinski definition) is 0. The molecule has 1 saturated heterocycles. The number of nitro benzene ring substituents is 1. The number of rotatable bonds is 4. The van der Waals surface area contributed by atoms with Gasteiger partial charge in [0.05, 0.1) is 20.0 Å². The van der Waals surface area contributed by atoms with Crippen molar-refractivity contribution >= 4 is 43.2 Å². The molecule has 0 aliphatic carbocycles. The maximum atomic E-state index is 12.9. The van der Waals surface area contributed by atoms with E-state index < -0.39 is 20.9 Å². The van der Waals surface area contributed by atoms with E-state index in [9.17, 15) is 23.3 Å². The van der Waals surface area contributed by atoms with Gasteiger partial charge in [-0.05, 0) is 43.2 Å². The molecule has 1 aliphatic rings. The van der Waals surface area contributed by atoms with Gasteiger partial charge in [0.25, 0.3) is 11.6 Å². The van der Waals surface area contributed by atoms with Crippen LogP contribution in [0.3, 0.4) is 0 Å². The number of non-ortho nitro benzene ring substituents is 1. The Morgan fingerprint density at radius 3 is 2.34 bits per heavy atom. The molecule has 0 N–H and O–H groups in total. The first-order valence-corrected chi connectivity index (χ1v) is 12.5. The van der Waals surface area contributed by atoms with Crippen LogP contribution in [-0.4, -0.2) is 41.2 Å². The van der Waals surface area contributed by atoms with Crippen molar-refractivity contribution in [2.24, 2.45) is 12.0 Å². The zero-order valence-corrected chi connectivity index (χ0v) is 19.1. The van der Waals surface area contributed by atoms with Gasteiger partial charge in [0.15, 0.2) is 4.80 Å². The number of carbonyl (C=O) groups is 1. The Bertz CT molecular complexity index is 1350. The minimum atomic E-state index is -3.59. The van der Waals surface area contributed by atoms with Gasteiger partial charge in [0, 0.05) is 37.8 Å². The average Bonchev–Trinajstić information content (AvgIpc) is 2.95. The summed E-state index contributed by atoms with van der Waals surface area (Å²) >= 11 is 1.18. The van der Waals surface area contributed by atoms with Crippen molar-refractivity contribution in [3.63, 3.8) is 0 Å². The molecule has 0 radical (unpaired) electrons. The van der Waals surface area contributed by atoms with Gasteiger partial charge >= 0.3 is 0 Å².